The Morgan fingerprint density at radius 2 is 1.80 bits per heavy atom. The highest BCUT2D eigenvalue weighted by molar-refractivity contribution is 9.10. The van der Waals surface area contributed by atoms with E-state index in [0.29, 0.717) is 22.7 Å². The van der Waals surface area contributed by atoms with Gasteiger partial charge in [-0.1, -0.05) is 22.0 Å². The Labute approximate surface area is 185 Å². The largest absolute Gasteiger partial charge is 0.369 e. The quantitative estimate of drug-likeness (QED) is 0.558. The fourth-order valence-electron chi connectivity index (χ4n) is 6.17. The standard InChI is InChI=1S/C21H28BrN3O4S/c1-19(2,25-30(28,29)16-5-3-4-15(22)7-16)18(27)24-21-10-13-6-14(11-21)9-20(8-13,12-21)17(23)26/h3-5,7,13-14,25H,6,8-12H2,1-2H3,(H2,23,26)(H,24,27). The maximum absolute atomic E-state index is 13.2. The van der Waals surface area contributed by atoms with Crippen LogP contribution >= 0.6 is 15.9 Å². The molecule has 4 bridgehead atoms. The second-order valence-electron chi connectivity index (χ2n) is 10.0. The zero-order valence-corrected chi connectivity index (χ0v) is 19.6. The molecule has 1 aromatic rings. The number of nitrogens with two attached hydrogens (primary N) is 1. The van der Waals surface area contributed by atoms with Crippen molar-refractivity contribution in [3.8, 4) is 0 Å². The van der Waals surface area contributed by atoms with E-state index in [1.807, 2.05) is 0 Å². The number of hydrogen-bond acceptors (Lipinski definition) is 4. The van der Waals surface area contributed by atoms with Gasteiger partial charge in [0.1, 0.15) is 5.54 Å². The van der Waals surface area contributed by atoms with Crippen LogP contribution in [0.3, 0.4) is 0 Å². The van der Waals surface area contributed by atoms with E-state index in [0.717, 1.165) is 32.1 Å². The van der Waals surface area contributed by atoms with E-state index in [1.165, 1.54) is 12.1 Å². The molecule has 0 aliphatic heterocycles. The lowest BCUT2D eigenvalue weighted by molar-refractivity contribution is -0.151. The Kier molecular flexibility index (Phi) is 5.10. The average Bonchev–Trinajstić information content (AvgIpc) is 2.59. The average molecular weight is 498 g/mol. The van der Waals surface area contributed by atoms with Gasteiger partial charge in [0.05, 0.1) is 10.3 Å². The van der Waals surface area contributed by atoms with Gasteiger partial charge in [-0.3, -0.25) is 9.59 Å². The Morgan fingerprint density at radius 3 is 2.37 bits per heavy atom. The molecular formula is C21H28BrN3O4S. The molecule has 4 N–H and O–H groups in total. The first kappa shape index (κ1) is 21.8. The van der Waals surface area contributed by atoms with Crippen LogP contribution in [-0.4, -0.2) is 31.3 Å². The van der Waals surface area contributed by atoms with Crippen LogP contribution in [0.1, 0.15) is 52.4 Å². The molecule has 4 fully saturated rings. The van der Waals surface area contributed by atoms with Crippen molar-refractivity contribution in [1.29, 1.82) is 0 Å². The van der Waals surface area contributed by atoms with Crippen molar-refractivity contribution in [3.63, 3.8) is 0 Å². The Bertz CT molecular complexity index is 993. The molecule has 30 heavy (non-hydrogen) atoms. The number of primary amides is 1. The first-order valence-corrected chi connectivity index (χ1v) is 12.5. The number of halogens is 1. The van der Waals surface area contributed by atoms with Crippen molar-refractivity contribution in [2.24, 2.45) is 23.0 Å². The first-order chi connectivity index (χ1) is 13.8. The molecule has 0 aromatic heterocycles. The number of rotatable bonds is 6. The van der Waals surface area contributed by atoms with Gasteiger partial charge in [0.15, 0.2) is 0 Å². The lowest BCUT2D eigenvalue weighted by Gasteiger charge is -2.61. The van der Waals surface area contributed by atoms with Gasteiger partial charge in [0, 0.05) is 10.0 Å². The monoisotopic (exact) mass is 497 g/mol. The lowest BCUT2D eigenvalue weighted by Crippen LogP contribution is -2.68. The highest BCUT2D eigenvalue weighted by Crippen LogP contribution is 2.61. The van der Waals surface area contributed by atoms with Gasteiger partial charge in [0.2, 0.25) is 21.8 Å². The molecule has 9 heteroatoms. The molecular weight excluding hydrogens is 470 g/mol. The van der Waals surface area contributed by atoms with Crippen LogP contribution < -0.4 is 15.8 Å². The van der Waals surface area contributed by atoms with Gasteiger partial charge in [-0.15, -0.1) is 0 Å². The molecule has 0 heterocycles. The van der Waals surface area contributed by atoms with Crippen LogP contribution in [-0.2, 0) is 19.6 Å². The Balaban J connectivity index is 1.54. The van der Waals surface area contributed by atoms with Crippen molar-refractivity contribution < 1.29 is 18.0 Å². The van der Waals surface area contributed by atoms with E-state index in [4.69, 9.17) is 5.73 Å². The minimum absolute atomic E-state index is 0.0836. The minimum atomic E-state index is -3.89. The summed E-state index contributed by atoms with van der Waals surface area (Å²) in [5.74, 6) is 0.0912. The summed E-state index contributed by atoms with van der Waals surface area (Å²) < 4.78 is 28.8. The molecule has 2 atom stereocenters. The fraction of sp³-hybridized carbons (Fsp3) is 0.619. The summed E-state index contributed by atoms with van der Waals surface area (Å²) in [6, 6.07) is 6.34. The molecule has 4 aliphatic carbocycles. The topological polar surface area (TPSA) is 118 Å². The van der Waals surface area contributed by atoms with Crippen molar-refractivity contribution >= 4 is 37.8 Å². The number of hydrogen-bond donors (Lipinski definition) is 3. The van der Waals surface area contributed by atoms with Crippen LogP contribution in [0.2, 0.25) is 0 Å². The second-order valence-corrected chi connectivity index (χ2v) is 12.6. The van der Waals surface area contributed by atoms with Crippen LogP contribution in [0, 0.1) is 17.3 Å². The molecule has 0 spiro atoms. The fourth-order valence-corrected chi connectivity index (χ4v) is 8.14. The SMILES string of the molecule is CC(C)(NS(=O)(=O)c1cccc(Br)c1)C(=O)NC12CC3CC(C1)CC(C(N)=O)(C3)C2. The molecule has 0 radical (unpaired) electrons. The van der Waals surface area contributed by atoms with E-state index in [9.17, 15) is 18.0 Å². The normalized spacial score (nSPS) is 32.8. The number of sulfonamides is 1. The van der Waals surface area contributed by atoms with Gasteiger partial charge in [-0.25, -0.2) is 8.42 Å². The maximum atomic E-state index is 13.2. The van der Waals surface area contributed by atoms with E-state index >= 15 is 0 Å². The van der Waals surface area contributed by atoms with E-state index in [-0.39, 0.29) is 16.7 Å². The minimum Gasteiger partial charge on any atom is -0.369 e. The number of nitrogens with one attached hydrogen (secondary N) is 2. The zero-order valence-electron chi connectivity index (χ0n) is 17.2. The zero-order chi connectivity index (χ0) is 21.9. The van der Waals surface area contributed by atoms with Gasteiger partial charge in [0.25, 0.3) is 0 Å². The number of carbonyl (C=O) groups is 2. The third-order valence-corrected chi connectivity index (χ3v) is 9.17. The van der Waals surface area contributed by atoms with Gasteiger partial charge in [-0.05, 0) is 82.4 Å². The summed E-state index contributed by atoms with van der Waals surface area (Å²) in [7, 11) is -3.89. The number of carbonyl (C=O) groups excluding carboxylic acids is 2. The predicted molar refractivity (Wildman–Crippen MR) is 116 cm³/mol. The van der Waals surface area contributed by atoms with Gasteiger partial charge >= 0.3 is 0 Å². The summed E-state index contributed by atoms with van der Waals surface area (Å²) in [6.45, 7) is 3.12. The summed E-state index contributed by atoms with van der Waals surface area (Å²) in [4.78, 5) is 25.6. The highest BCUT2D eigenvalue weighted by Gasteiger charge is 2.61. The second kappa shape index (κ2) is 7.03. The van der Waals surface area contributed by atoms with E-state index in [1.54, 1.807) is 26.0 Å². The molecule has 0 saturated heterocycles. The summed E-state index contributed by atoms with van der Waals surface area (Å²) in [5.41, 5.74) is 3.39. The van der Waals surface area contributed by atoms with Crippen LogP contribution in [0.25, 0.3) is 0 Å². The molecule has 4 saturated carbocycles. The summed E-state index contributed by atoms with van der Waals surface area (Å²) in [6.07, 6.45) is 4.86. The molecule has 7 nitrogen and oxygen atoms in total. The van der Waals surface area contributed by atoms with Crippen LogP contribution in [0.15, 0.2) is 33.6 Å². The molecule has 164 valence electrons. The van der Waals surface area contributed by atoms with Crippen LogP contribution in [0.4, 0.5) is 0 Å². The van der Waals surface area contributed by atoms with Crippen LogP contribution in [0.5, 0.6) is 0 Å². The Morgan fingerprint density at radius 1 is 1.17 bits per heavy atom. The Hall–Kier alpha value is -1.45. The van der Waals surface area contributed by atoms with Gasteiger partial charge < -0.3 is 11.1 Å². The van der Waals surface area contributed by atoms with E-state index < -0.39 is 26.5 Å². The predicted octanol–water partition coefficient (Wildman–Crippen LogP) is 2.45. The molecule has 2 unspecified atom stereocenters. The van der Waals surface area contributed by atoms with Crippen molar-refractivity contribution in [1.82, 2.24) is 10.0 Å². The molecule has 4 aliphatic rings. The maximum Gasteiger partial charge on any atom is 0.241 e. The van der Waals surface area contributed by atoms with Crippen molar-refractivity contribution in [2.45, 2.75) is 68.3 Å². The third kappa shape index (κ3) is 3.80. The molecule has 2 amide bonds. The summed E-state index contributed by atoms with van der Waals surface area (Å²) >= 11 is 3.27. The summed E-state index contributed by atoms with van der Waals surface area (Å²) in [5, 5.41) is 3.15. The van der Waals surface area contributed by atoms with Gasteiger partial charge in [-0.2, -0.15) is 4.72 Å². The molecule has 5 rings (SSSR count). The highest BCUT2D eigenvalue weighted by atomic mass is 79.9. The van der Waals surface area contributed by atoms with Crippen molar-refractivity contribution in [3.05, 3.63) is 28.7 Å². The number of amides is 2. The van der Waals surface area contributed by atoms with Crippen molar-refractivity contribution in [2.75, 3.05) is 0 Å². The van der Waals surface area contributed by atoms with E-state index in [2.05, 4.69) is 26.0 Å². The third-order valence-electron chi connectivity index (χ3n) is 7.03. The number of benzene rings is 1. The molecule has 1 aromatic carbocycles. The smallest absolute Gasteiger partial charge is 0.241 e. The lowest BCUT2D eigenvalue weighted by atomic mass is 9.46. The first-order valence-electron chi connectivity index (χ1n) is 10.3.